The number of rotatable bonds is 1. The molecule has 0 aromatic carbocycles. The molecule has 0 saturated heterocycles. The average molecular weight is 319 g/mol. The first-order valence-corrected chi connectivity index (χ1v) is 8.97. The fourth-order valence-electron chi connectivity index (χ4n) is 6.47. The summed E-state index contributed by atoms with van der Waals surface area (Å²) in [7, 11) is 0. The molecule has 6 atom stereocenters. The van der Waals surface area contributed by atoms with Gasteiger partial charge in [0.2, 0.25) is 0 Å². The molecule has 0 unspecified atom stereocenters. The standard InChI is InChI=1S/C18H25NO4/c1-17-8-6-14-13-5-3-12(20)10-11(13)2-4-15(14)16(17)7-9-18(17,21)19(22)23/h10,13-16,21H,2-9H2,1H3/t13-,14+,15+,16-,17-,18-/m0/s1. The van der Waals surface area contributed by atoms with Crippen LogP contribution >= 0.6 is 0 Å². The van der Waals surface area contributed by atoms with Crippen molar-refractivity contribution in [2.45, 2.75) is 64.0 Å². The molecule has 0 aromatic heterocycles. The maximum absolute atomic E-state index is 11.7. The van der Waals surface area contributed by atoms with E-state index in [9.17, 15) is 20.0 Å². The van der Waals surface area contributed by atoms with Crippen molar-refractivity contribution in [2.24, 2.45) is 29.1 Å². The maximum Gasteiger partial charge on any atom is 0.327 e. The number of carbonyl (C=O) groups is 1. The Balaban J connectivity index is 1.65. The van der Waals surface area contributed by atoms with Crippen molar-refractivity contribution < 1.29 is 14.8 Å². The molecule has 3 saturated carbocycles. The van der Waals surface area contributed by atoms with Crippen LogP contribution in [0.15, 0.2) is 11.6 Å². The van der Waals surface area contributed by atoms with Crippen LogP contribution in [0.1, 0.15) is 58.3 Å². The van der Waals surface area contributed by atoms with E-state index < -0.39 is 16.1 Å². The van der Waals surface area contributed by atoms with Gasteiger partial charge < -0.3 is 5.11 Å². The van der Waals surface area contributed by atoms with Crippen LogP contribution in [-0.4, -0.2) is 21.5 Å². The van der Waals surface area contributed by atoms with Gasteiger partial charge in [-0.25, -0.2) is 0 Å². The molecule has 4 aliphatic rings. The monoisotopic (exact) mass is 319 g/mol. The van der Waals surface area contributed by atoms with Crippen molar-refractivity contribution in [1.29, 1.82) is 0 Å². The fourth-order valence-corrected chi connectivity index (χ4v) is 6.47. The van der Waals surface area contributed by atoms with Crippen LogP contribution in [0.5, 0.6) is 0 Å². The Hall–Kier alpha value is -1.23. The predicted octanol–water partition coefficient (Wildman–Crippen LogP) is 3.09. The van der Waals surface area contributed by atoms with Gasteiger partial charge in [0, 0.05) is 12.8 Å². The number of nitrogens with zero attached hydrogens (tertiary/aromatic N) is 1. The van der Waals surface area contributed by atoms with Crippen LogP contribution in [0, 0.1) is 39.2 Å². The quantitative estimate of drug-likeness (QED) is 0.457. The minimum atomic E-state index is -1.75. The highest BCUT2D eigenvalue weighted by Crippen LogP contribution is 2.64. The third-order valence-electron chi connectivity index (χ3n) is 7.71. The first-order valence-electron chi connectivity index (χ1n) is 8.97. The van der Waals surface area contributed by atoms with Gasteiger partial charge in [-0.05, 0) is 75.2 Å². The van der Waals surface area contributed by atoms with Crippen molar-refractivity contribution in [3.63, 3.8) is 0 Å². The second-order valence-electron chi connectivity index (χ2n) is 8.37. The molecule has 0 aromatic rings. The van der Waals surface area contributed by atoms with E-state index in [0.29, 0.717) is 24.2 Å². The van der Waals surface area contributed by atoms with Gasteiger partial charge >= 0.3 is 5.72 Å². The van der Waals surface area contributed by atoms with E-state index in [4.69, 9.17) is 0 Å². The second-order valence-corrected chi connectivity index (χ2v) is 8.37. The predicted molar refractivity (Wildman–Crippen MR) is 84.0 cm³/mol. The SMILES string of the molecule is C[C@]12CC[C@H]3[C@@H](CCC4=CC(=O)CC[C@@H]43)[C@@H]1CC[C@@]2(O)[N+](=O)[O-]. The van der Waals surface area contributed by atoms with Crippen molar-refractivity contribution >= 4 is 5.78 Å². The van der Waals surface area contributed by atoms with Crippen LogP contribution in [0.4, 0.5) is 0 Å². The molecule has 0 radical (unpaired) electrons. The van der Waals surface area contributed by atoms with Gasteiger partial charge in [0.15, 0.2) is 5.78 Å². The highest BCUT2D eigenvalue weighted by Gasteiger charge is 2.69. The number of hydrogen-bond acceptors (Lipinski definition) is 4. The summed E-state index contributed by atoms with van der Waals surface area (Å²) in [5.74, 6) is 2.03. The molecule has 0 bridgehead atoms. The van der Waals surface area contributed by atoms with E-state index in [2.05, 4.69) is 0 Å². The molecule has 3 fully saturated rings. The molecule has 0 amide bonds. The van der Waals surface area contributed by atoms with Crippen LogP contribution < -0.4 is 0 Å². The largest absolute Gasteiger partial charge is 0.330 e. The molecule has 0 aliphatic heterocycles. The fraction of sp³-hybridized carbons (Fsp3) is 0.833. The molecule has 0 heterocycles. The molecule has 126 valence electrons. The lowest BCUT2D eigenvalue weighted by Gasteiger charge is -2.53. The van der Waals surface area contributed by atoms with E-state index in [-0.39, 0.29) is 18.1 Å². The van der Waals surface area contributed by atoms with E-state index >= 15 is 0 Å². The van der Waals surface area contributed by atoms with Crippen molar-refractivity contribution in [3.05, 3.63) is 21.8 Å². The zero-order chi connectivity index (χ0) is 16.4. The lowest BCUT2D eigenvalue weighted by atomic mass is 9.51. The summed E-state index contributed by atoms with van der Waals surface area (Å²) in [5, 5.41) is 22.2. The molecule has 0 spiro atoms. The molecule has 5 heteroatoms. The average Bonchev–Trinajstić information content (AvgIpc) is 2.80. The normalized spacial score (nSPS) is 49.0. The minimum absolute atomic E-state index is 0.246. The van der Waals surface area contributed by atoms with Gasteiger partial charge in [-0.3, -0.25) is 14.9 Å². The summed E-state index contributed by atoms with van der Waals surface area (Å²) in [6.07, 6.45) is 8.19. The molecule has 4 aliphatic carbocycles. The summed E-state index contributed by atoms with van der Waals surface area (Å²) >= 11 is 0. The van der Waals surface area contributed by atoms with Crippen LogP contribution in [0.2, 0.25) is 0 Å². The molecular formula is C18H25NO4. The zero-order valence-electron chi connectivity index (χ0n) is 13.7. The van der Waals surface area contributed by atoms with Crippen LogP contribution in [0.3, 0.4) is 0 Å². The Kier molecular flexibility index (Phi) is 3.25. The smallest absolute Gasteiger partial charge is 0.327 e. The minimum Gasteiger partial charge on any atom is -0.330 e. The number of nitro groups is 1. The summed E-state index contributed by atoms with van der Waals surface area (Å²) in [6, 6.07) is 0. The van der Waals surface area contributed by atoms with E-state index in [1.807, 2.05) is 13.0 Å². The third kappa shape index (κ3) is 1.92. The van der Waals surface area contributed by atoms with Crippen molar-refractivity contribution in [2.75, 3.05) is 0 Å². The summed E-state index contributed by atoms with van der Waals surface area (Å²) in [6.45, 7) is 1.94. The van der Waals surface area contributed by atoms with Crippen molar-refractivity contribution in [3.8, 4) is 0 Å². The summed E-state index contributed by atoms with van der Waals surface area (Å²) in [5.41, 5.74) is -1.02. The number of carbonyl (C=O) groups excluding carboxylic acids is 1. The number of aliphatic hydroxyl groups is 1. The van der Waals surface area contributed by atoms with Gasteiger partial charge in [0.1, 0.15) is 0 Å². The molecular weight excluding hydrogens is 294 g/mol. The van der Waals surface area contributed by atoms with Crippen LogP contribution in [0.25, 0.3) is 0 Å². The number of allylic oxidation sites excluding steroid dienone is 1. The second kappa shape index (κ2) is 4.88. The Labute approximate surface area is 136 Å². The summed E-state index contributed by atoms with van der Waals surface area (Å²) in [4.78, 5) is 22.8. The van der Waals surface area contributed by atoms with E-state index in [1.54, 1.807) is 0 Å². The van der Waals surface area contributed by atoms with Gasteiger partial charge in [0.25, 0.3) is 0 Å². The Morgan fingerprint density at radius 3 is 2.70 bits per heavy atom. The molecule has 23 heavy (non-hydrogen) atoms. The van der Waals surface area contributed by atoms with Gasteiger partial charge in [-0.2, -0.15) is 0 Å². The number of ketones is 1. The van der Waals surface area contributed by atoms with E-state index in [0.717, 1.165) is 38.5 Å². The van der Waals surface area contributed by atoms with Gasteiger partial charge in [0.05, 0.1) is 10.3 Å². The number of hydrogen-bond donors (Lipinski definition) is 1. The van der Waals surface area contributed by atoms with Crippen LogP contribution in [-0.2, 0) is 4.79 Å². The highest BCUT2D eigenvalue weighted by molar-refractivity contribution is 5.91. The zero-order valence-corrected chi connectivity index (χ0v) is 13.7. The van der Waals surface area contributed by atoms with E-state index in [1.165, 1.54) is 5.57 Å². The maximum atomic E-state index is 11.7. The molecule has 1 N–H and O–H groups in total. The number of fused-ring (bicyclic) bond motifs is 5. The third-order valence-corrected chi connectivity index (χ3v) is 7.71. The lowest BCUT2D eigenvalue weighted by molar-refractivity contribution is -0.646. The topological polar surface area (TPSA) is 80.4 Å². The van der Waals surface area contributed by atoms with Crippen molar-refractivity contribution in [1.82, 2.24) is 0 Å². The van der Waals surface area contributed by atoms with Gasteiger partial charge in [-0.1, -0.05) is 5.57 Å². The molecule has 5 nitrogen and oxygen atoms in total. The first kappa shape index (κ1) is 15.3. The first-order chi connectivity index (χ1) is 10.9. The Bertz CT molecular complexity index is 600. The Morgan fingerprint density at radius 1 is 1.17 bits per heavy atom. The lowest BCUT2D eigenvalue weighted by Crippen LogP contribution is -2.56. The highest BCUT2D eigenvalue weighted by atomic mass is 16.7. The Morgan fingerprint density at radius 2 is 1.96 bits per heavy atom. The van der Waals surface area contributed by atoms with Gasteiger partial charge in [-0.15, -0.1) is 0 Å². The molecule has 4 rings (SSSR count). The summed E-state index contributed by atoms with van der Waals surface area (Å²) < 4.78 is 0.